The summed E-state index contributed by atoms with van der Waals surface area (Å²) in [7, 11) is 0. The molecule has 17 heavy (non-hydrogen) atoms. The lowest BCUT2D eigenvalue weighted by Gasteiger charge is -2.24. The molecule has 1 aliphatic heterocycles. The molecule has 2 N–H and O–H groups in total. The second kappa shape index (κ2) is 7.72. The first-order valence-corrected chi connectivity index (χ1v) is 6.49. The van der Waals surface area contributed by atoms with Gasteiger partial charge < -0.3 is 10.6 Å². The van der Waals surface area contributed by atoms with Crippen LogP contribution in [0, 0.1) is 11.8 Å². The van der Waals surface area contributed by atoms with Crippen LogP contribution in [-0.4, -0.2) is 25.5 Å². The molecule has 1 fully saturated rings. The number of piperidine rings is 1. The molecule has 0 bridgehead atoms. The number of hydrogen-bond acceptors (Lipinski definition) is 2. The van der Waals surface area contributed by atoms with Crippen molar-refractivity contribution in [3.8, 4) is 0 Å². The predicted octanol–water partition coefficient (Wildman–Crippen LogP) is 1.88. The number of rotatable bonds is 3. The topological polar surface area (TPSA) is 41.1 Å². The summed E-state index contributed by atoms with van der Waals surface area (Å²) in [6.07, 6.45) is 10.2. The molecule has 0 aromatic rings. The van der Waals surface area contributed by atoms with E-state index in [0.29, 0.717) is 5.92 Å². The van der Waals surface area contributed by atoms with E-state index in [1.165, 1.54) is 12.8 Å². The maximum absolute atomic E-state index is 11.9. The molecular weight excluding hydrogens is 236 g/mol. The van der Waals surface area contributed by atoms with Crippen LogP contribution in [-0.2, 0) is 4.79 Å². The van der Waals surface area contributed by atoms with E-state index in [4.69, 9.17) is 0 Å². The Morgan fingerprint density at radius 1 is 1.35 bits per heavy atom. The average molecular weight is 259 g/mol. The number of hydrogen-bond donors (Lipinski definition) is 2. The van der Waals surface area contributed by atoms with Gasteiger partial charge in [0.05, 0.1) is 5.92 Å². The Hall–Kier alpha value is -0.540. The van der Waals surface area contributed by atoms with Gasteiger partial charge in [-0.15, -0.1) is 12.4 Å². The van der Waals surface area contributed by atoms with Gasteiger partial charge in [-0.3, -0.25) is 4.79 Å². The number of carbonyl (C=O) groups excluding carboxylic acids is 1. The molecular formula is C13H23ClN2O. The lowest BCUT2D eigenvalue weighted by molar-refractivity contribution is -0.125. The number of nitrogens with one attached hydrogen (secondary N) is 2. The Morgan fingerprint density at radius 3 is 2.88 bits per heavy atom. The standard InChI is InChI=1S/C13H22N2O.ClH/c16-13(12-7-4-8-14-10-12)15-9-11-5-2-1-3-6-11;/h1-2,11-12,14H,3-10H2,(H,15,16);1H/t11?,12-;/m1./s1. The molecule has 2 atom stereocenters. The molecule has 0 saturated carbocycles. The highest BCUT2D eigenvalue weighted by Crippen LogP contribution is 2.17. The zero-order valence-electron chi connectivity index (χ0n) is 10.3. The van der Waals surface area contributed by atoms with Crippen LogP contribution in [0.3, 0.4) is 0 Å². The van der Waals surface area contributed by atoms with Crippen molar-refractivity contribution in [2.45, 2.75) is 32.1 Å². The summed E-state index contributed by atoms with van der Waals surface area (Å²) in [5.41, 5.74) is 0. The third kappa shape index (κ3) is 4.68. The largest absolute Gasteiger partial charge is 0.356 e. The lowest BCUT2D eigenvalue weighted by atomic mass is 9.93. The molecule has 1 amide bonds. The molecule has 0 aromatic carbocycles. The van der Waals surface area contributed by atoms with Gasteiger partial charge in [0.2, 0.25) is 5.91 Å². The van der Waals surface area contributed by atoms with Gasteiger partial charge in [-0.1, -0.05) is 12.2 Å². The Labute approximate surface area is 110 Å². The van der Waals surface area contributed by atoms with Crippen molar-refractivity contribution in [1.29, 1.82) is 0 Å². The van der Waals surface area contributed by atoms with Crippen LogP contribution in [0.5, 0.6) is 0 Å². The second-order valence-electron chi connectivity index (χ2n) is 4.94. The van der Waals surface area contributed by atoms with E-state index in [9.17, 15) is 4.79 Å². The summed E-state index contributed by atoms with van der Waals surface area (Å²) in [4.78, 5) is 11.9. The minimum atomic E-state index is 0. The van der Waals surface area contributed by atoms with Gasteiger partial charge in [-0.25, -0.2) is 0 Å². The van der Waals surface area contributed by atoms with E-state index in [2.05, 4.69) is 22.8 Å². The second-order valence-corrected chi connectivity index (χ2v) is 4.94. The fraction of sp³-hybridized carbons (Fsp3) is 0.769. The van der Waals surface area contributed by atoms with E-state index in [-0.39, 0.29) is 24.2 Å². The SMILES string of the molecule is Cl.O=C(NCC1CC=CCC1)[C@@H]1CCCNC1. The summed E-state index contributed by atoms with van der Waals surface area (Å²) in [5, 5.41) is 6.39. The number of halogens is 1. The molecule has 1 saturated heterocycles. The molecule has 0 spiro atoms. The first-order valence-electron chi connectivity index (χ1n) is 6.49. The molecule has 1 heterocycles. The highest BCUT2D eigenvalue weighted by atomic mass is 35.5. The van der Waals surface area contributed by atoms with Gasteiger partial charge in [0.25, 0.3) is 0 Å². The maximum atomic E-state index is 11.9. The van der Waals surface area contributed by atoms with Crippen molar-refractivity contribution in [3.05, 3.63) is 12.2 Å². The highest BCUT2D eigenvalue weighted by molar-refractivity contribution is 5.85. The van der Waals surface area contributed by atoms with Crippen molar-refractivity contribution >= 4 is 18.3 Å². The molecule has 3 nitrogen and oxygen atoms in total. The third-order valence-electron chi connectivity index (χ3n) is 3.61. The van der Waals surface area contributed by atoms with Crippen molar-refractivity contribution in [3.63, 3.8) is 0 Å². The first kappa shape index (κ1) is 14.5. The molecule has 2 aliphatic rings. The molecule has 0 aromatic heterocycles. The Kier molecular flexibility index (Phi) is 6.60. The fourth-order valence-electron chi connectivity index (χ4n) is 2.51. The summed E-state index contributed by atoms with van der Waals surface area (Å²) in [5.74, 6) is 1.11. The van der Waals surface area contributed by atoms with Gasteiger partial charge in [0.1, 0.15) is 0 Å². The zero-order valence-corrected chi connectivity index (χ0v) is 11.1. The number of amides is 1. The fourth-order valence-corrected chi connectivity index (χ4v) is 2.51. The van der Waals surface area contributed by atoms with Crippen molar-refractivity contribution in [1.82, 2.24) is 10.6 Å². The van der Waals surface area contributed by atoms with Crippen LogP contribution >= 0.6 is 12.4 Å². The Bertz CT molecular complexity index is 262. The minimum Gasteiger partial charge on any atom is -0.356 e. The Balaban J connectivity index is 0.00000144. The van der Waals surface area contributed by atoms with Gasteiger partial charge in [-0.2, -0.15) is 0 Å². The van der Waals surface area contributed by atoms with E-state index < -0.39 is 0 Å². The maximum Gasteiger partial charge on any atom is 0.224 e. The minimum absolute atomic E-state index is 0. The van der Waals surface area contributed by atoms with Gasteiger partial charge >= 0.3 is 0 Å². The van der Waals surface area contributed by atoms with Gasteiger partial charge in [0, 0.05) is 13.1 Å². The molecule has 2 rings (SSSR count). The summed E-state index contributed by atoms with van der Waals surface area (Å²) in [6, 6.07) is 0. The number of allylic oxidation sites excluding steroid dienone is 2. The molecule has 0 radical (unpaired) electrons. The first-order chi connectivity index (χ1) is 7.86. The highest BCUT2D eigenvalue weighted by Gasteiger charge is 2.21. The van der Waals surface area contributed by atoms with E-state index in [1.54, 1.807) is 0 Å². The summed E-state index contributed by atoms with van der Waals surface area (Å²) >= 11 is 0. The van der Waals surface area contributed by atoms with Crippen molar-refractivity contribution in [2.75, 3.05) is 19.6 Å². The third-order valence-corrected chi connectivity index (χ3v) is 3.61. The van der Waals surface area contributed by atoms with Crippen LogP contribution in [0.4, 0.5) is 0 Å². The van der Waals surface area contributed by atoms with E-state index >= 15 is 0 Å². The van der Waals surface area contributed by atoms with Gasteiger partial charge in [-0.05, 0) is 44.6 Å². The summed E-state index contributed by atoms with van der Waals surface area (Å²) < 4.78 is 0. The van der Waals surface area contributed by atoms with Crippen LogP contribution in [0.2, 0.25) is 0 Å². The van der Waals surface area contributed by atoms with Crippen molar-refractivity contribution in [2.24, 2.45) is 11.8 Å². The number of carbonyl (C=O) groups is 1. The molecule has 1 unspecified atom stereocenters. The normalized spacial score (nSPS) is 28.2. The molecule has 98 valence electrons. The quantitative estimate of drug-likeness (QED) is 0.759. The zero-order chi connectivity index (χ0) is 11.2. The molecule has 4 heteroatoms. The van der Waals surface area contributed by atoms with Gasteiger partial charge in [0.15, 0.2) is 0 Å². The predicted molar refractivity (Wildman–Crippen MR) is 72.3 cm³/mol. The van der Waals surface area contributed by atoms with Crippen LogP contribution in [0.1, 0.15) is 32.1 Å². The lowest BCUT2D eigenvalue weighted by Crippen LogP contribution is -2.42. The van der Waals surface area contributed by atoms with E-state index in [1.807, 2.05) is 0 Å². The summed E-state index contributed by atoms with van der Waals surface area (Å²) in [6.45, 7) is 2.78. The molecule has 1 aliphatic carbocycles. The monoisotopic (exact) mass is 258 g/mol. The Morgan fingerprint density at radius 2 is 2.24 bits per heavy atom. The average Bonchev–Trinajstić information content (AvgIpc) is 2.38. The van der Waals surface area contributed by atoms with Crippen LogP contribution < -0.4 is 10.6 Å². The smallest absolute Gasteiger partial charge is 0.224 e. The van der Waals surface area contributed by atoms with Crippen LogP contribution in [0.25, 0.3) is 0 Å². The van der Waals surface area contributed by atoms with E-state index in [0.717, 1.165) is 38.9 Å². The van der Waals surface area contributed by atoms with Crippen LogP contribution in [0.15, 0.2) is 12.2 Å². The van der Waals surface area contributed by atoms with Crippen molar-refractivity contribution < 1.29 is 4.79 Å².